The number of ether oxygens (including phenoxy) is 1. The van der Waals surface area contributed by atoms with Gasteiger partial charge in [0.15, 0.2) is 0 Å². The van der Waals surface area contributed by atoms with Gasteiger partial charge in [-0.1, -0.05) is 62.2 Å². The molecule has 1 saturated carbocycles. The van der Waals surface area contributed by atoms with Crippen LogP contribution in [0.25, 0.3) is 0 Å². The van der Waals surface area contributed by atoms with E-state index in [1.165, 1.54) is 0 Å². The molecule has 7 heteroatoms. The molecular formula is C29H39N3O4. The van der Waals surface area contributed by atoms with Crippen molar-refractivity contribution in [3.63, 3.8) is 0 Å². The van der Waals surface area contributed by atoms with E-state index < -0.39 is 6.04 Å². The molecule has 2 aromatic carbocycles. The number of rotatable bonds is 13. The summed E-state index contributed by atoms with van der Waals surface area (Å²) in [6.45, 7) is 3.06. The van der Waals surface area contributed by atoms with Crippen LogP contribution in [-0.4, -0.2) is 24.3 Å². The van der Waals surface area contributed by atoms with Gasteiger partial charge in [-0.25, -0.2) is 0 Å². The minimum absolute atomic E-state index is 0.0604. The van der Waals surface area contributed by atoms with Crippen LogP contribution >= 0.6 is 0 Å². The Morgan fingerprint density at radius 3 is 2.31 bits per heavy atom. The van der Waals surface area contributed by atoms with Crippen LogP contribution in [0.4, 0.5) is 0 Å². The fraction of sp³-hybridized carbons (Fsp3) is 0.483. The lowest BCUT2D eigenvalue weighted by Gasteiger charge is -2.27. The van der Waals surface area contributed by atoms with Crippen molar-refractivity contribution in [1.82, 2.24) is 10.6 Å². The van der Waals surface area contributed by atoms with Gasteiger partial charge in [0.05, 0.1) is 0 Å². The number of hydrogen-bond acceptors (Lipinski definition) is 4. The van der Waals surface area contributed by atoms with E-state index in [1.54, 1.807) is 0 Å². The highest BCUT2D eigenvalue weighted by molar-refractivity contribution is 5.88. The molecule has 0 spiro atoms. The Morgan fingerprint density at radius 2 is 1.67 bits per heavy atom. The first-order valence-corrected chi connectivity index (χ1v) is 13.1. The van der Waals surface area contributed by atoms with E-state index in [2.05, 4.69) is 17.6 Å². The molecule has 0 heterocycles. The van der Waals surface area contributed by atoms with E-state index >= 15 is 0 Å². The molecular weight excluding hydrogens is 454 g/mol. The Bertz CT molecular complexity index is 970. The topological polar surface area (TPSA) is 111 Å². The lowest BCUT2D eigenvalue weighted by Crippen LogP contribution is -2.42. The largest absolute Gasteiger partial charge is 0.489 e. The molecule has 36 heavy (non-hydrogen) atoms. The lowest BCUT2D eigenvalue weighted by atomic mass is 9.81. The molecule has 7 nitrogen and oxygen atoms in total. The van der Waals surface area contributed by atoms with E-state index in [0.29, 0.717) is 36.8 Å². The summed E-state index contributed by atoms with van der Waals surface area (Å²) in [4.78, 5) is 37.2. The average Bonchev–Trinajstić information content (AvgIpc) is 2.90. The molecule has 1 fully saturated rings. The highest BCUT2D eigenvalue weighted by atomic mass is 16.5. The van der Waals surface area contributed by atoms with Gasteiger partial charge in [0.25, 0.3) is 0 Å². The molecule has 2 aromatic rings. The van der Waals surface area contributed by atoms with Crippen LogP contribution in [0.2, 0.25) is 0 Å². The van der Waals surface area contributed by atoms with Crippen LogP contribution in [0.5, 0.6) is 5.75 Å². The molecule has 1 aliphatic carbocycles. The Balaban J connectivity index is 1.60. The number of carbonyl (C=O) groups excluding carboxylic acids is 3. The highest BCUT2D eigenvalue weighted by Gasteiger charge is 2.27. The van der Waals surface area contributed by atoms with Gasteiger partial charge in [0, 0.05) is 18.9 Å². The van der Waals surface area contributed by atoms with Crippen molar-refractivity contribution in [2.45, 2.75) is 70.9 Å². The van der Waals surface area contributed by atoms with Crippen molar-refractivity contribution in [3.8, 4) is 5.75 Å². The van der Waals surface area contributed by atoms with Gasteiger partial charge < -0.3 is 21.1 Å². The minimum Gasteiger partial charge on any atom is -0.489 e. The second kappa shape index (κ2) is 14.3. The summed E-state index contributed by atoms with van der Waals surface area (Å²) in [7, 11) is 0. The fourth-order valence-electron chi connectivity index (χ4n) is 4.56. The lowest BCUT2D eigenvalue weighted by molar-refractivity contribution is -0.129. The van der Waals surface area contributed by atoms with Crippen molar-refractivity contribution >= 4 is 17.7 Å². The zero-order chi connectivity index (χ0) is 25.8. The SMILES string of the molecule is CCCCCC(=O)N[C@H](C(=O)NCC1CCC(C(N)=O)CC1)c1ccc(OCc2ccccc2)cc1. The zero-order valence-corrected chi connectivity index (χ0v) is 21.2. The number of hydrogen-bond donors (Lipinski definition) is 3. The van der Waals surface area contributed by atoms with Crippen LogP contribution in [0.15, 0.2) is 54.6 Å². The molecule has 4 N–H and O–H groups in total. The van der Waals surface area contributed by atoms with Crippen molar-refractivity contribution in [1.29, 1.82) is 0 Å². The number of carbonyl (C=O) groups is 3. The van der Waals surface area contributed by atoms with Crippen molar-refractivity contribution < 1.29 is 19.1 Å². The third-order valence-corrected chi connectivity index (χ3v) is 6.85. The van der Waals surface area contributed by atoms with E-state index in [4.69, 9.17) is 10.5 Å². The van der Waals surface area contributed by atoms with Crippen molar-refractivity contribution in [3.05, 3.63) is 65.7 Å². The monoisotopic (exact) mass is 493 g/mol. The summed E-state index contributed by atoms with van der Waals surface area (Å²) in [5.74, 6) is 0.347. The summed E-state index contributed by atoms with van der Waals surface area (Å²) in [6, 6.07) is 16.4. The van der Waals surface area contributed by atoms with E-state index in [-0.39, 0.29) is 23.6 Å². The third-order valence-electron chi connectivity index (χ3n) is 6.85. The predicted octanol–water partition coefficient (Wildman–Crippen LogP) is 4.41. The maximum Gasteiger partial charge on any atom is 0.247 e. The number of unbranched alkanes of at least 4 members (excludes halogenated alkanes) is 2. The first-order chi connectivity index (χ1) is 17.5. The Hall–Kier alpha value is -3.35. The highest BCUT2D eigenvalue weighted by Crippen LogP contribution is 2.28. The Kier molecular flexibility index (Phi) is 10.8. The van der Waals surface area contributed by atoms with E-state index in [9.17, 15) is 14.4 Å². The summed E-state index contributed by atoms with van der Waals surface area (Å²) in [5.41, 5.74) is 7.21. The first-order valence-electron chi connectivity index (χ1n) is 13.1. The van der Waals surface area contributed by atoms with E-state index in [1.807, 2.05) is 54.6 Å². The summed E-state index contributed by atoms with van der Waals surface area (Å²) in [6.07, 6.45) is 6.44. The van der Waals surface area contributed by atoms with Crippen LogP contribution < -0.4 is 21.1 Å². The molecule has 3 rings (SSSR count). The van der Waals surface area contributed by atoms with Crippen molar-refractivity contribution in [2.24, 2.45) is 17.6 Å². The van der Waals surface area contributed by atoms with Gasteiger partial charge in [-0.2, -0.15) is 0 Å². The summed E-state index contributed by atoms with van der Waals surface area (Å²) in [5, 5.41) is 5.95. The molecule has 0 bridgehead atoms. The number of nitrogens with one attached hydrogen (secondary N) is 2. The average molecular weight is 494 g/mol. The van der Waals surface area contributed by atoms with Crippen molar-refractivity contribution in [2.75, 3.05) is 6.54 Å². The van der Waals surface area contributed by atoms with Crippen LogP contribution in [0, 0.1) is 11.8 Å². The second-order valence-electron chi connectivity index (χ2n) is 9.67. The number of benzene rings is 2. The molecule has 0 aliphatic heterocycles. The Labute approximate surface area is 214 Å². The van der Waals surface area contributed by atoms with Gasteiger partial charge in [-0.3, -0.25) is 14.4 Å². The molecule has 0 unspecified atom stereocenters. The Morgan fingerprint density at radius 1 is 0.972 bits per heavy atom. The summed E-state index contributed by atoms with van der Waals surface area (Å²) < 4.78 is 5.87. The molecule has 1 aliphatic rings. The van der Waals surface area contributed by atoms with Gasteiger partial charge in [0.1, 0.15) is 18.4 Å². The molecule has 194 valence electrons. The maximum absolute atomic E-state index is 13.2. The molecule has 0 saturated heterocycles. The number of amides is 3. The third kappa shape index (κ3) is 8.70. The zero-order valence-electron chi connectivity index (χ0n) is 21.2. The number of nitrogens with two attached hydrogens (primary N) is 1. The van der Waals surface area contributed by atoms with Crippen LogP contribution in [0.3, 0.4) is 0 Å². The maximum atomic E-state index is 13.2. The molecule has 0 radical (unpaired) electrons. The number of primary amides is 1. The van der Waals surface area contributed by atoms with Gasteiger partial charge in [-0.15, -0.1) is 0 Å². The molecule has 1 atom stereocenters. The van der Waals surface area contributed by atoms with Crippen LogP contribution in [0.1, 0.15) is 75.5 Å². The smallest absolute Gasteiger partial charge is 0.247 e. The standard InChI is InChI=1S/C29H39N3O4/c1-2-3-5-10-26(33)32-27(29(35)31-19-21-11-13-24(14-12-21)28(30)34)23-15-17-25(18-16-23)36-20-22-8-6-4-7-9-22/h4,6-9,15-18,21,24,27H,2-3,5,10-14,19-20H2,1H3,(H2,30,34)(H,31,35)(H,32,33)/t21?,24?,27-/m0/s1. The first kappa shape index (κ1) is 27.2. The molecule has 3 amide bonds. The van der Waals surface area contributed by atoms with Gasteiger partial charge >= 0.3 is 0 Å². The van der Waals surface area contributed by atoms with Gasteiger partial charge in [0.2, 0.25) is 17.7 Å². The predicted molar refractivity (Wildman–Crippen MR) is 140 cm³/mol. The second-order valence-corrected chi connectivity index (χ2v) is 9.67. The fourth-order valence-corrected chi connectivity index (χ4v) is 4.56. The molecule has 0 aromatic heterocycles. The van der Waals surface area contributed by atoms with Crippen LogP contribution in [-0.2, 0) is 21.0 Å². The normalized spacial score (nSPS) is 18.1. The van der Waals surface area contributed by atoms with E-state index in [0.717, 1.165) is 50.5 Å². The van der Waals surface area contributed by atoms with Gasteiger partial charge in [-0.05, 0) is 61.3 Å². The minimum atomic E-state index is -0.774. The summed E-state index contributed by atoms with van der Waals surface area (Å²) >= 11 is 0. The quantitative estimate of drug-likeness (QED) is 0.359.